The number of unbranched alkanes of at least 4 members (excludes halogenated alkanes) is 1. The van der Waals surface area contributed by atoms with Crippen LogP contribution in [-0.2, 0) is 6.54 Å². The molecule has 2 rings (SSSR count). The van der Waals surface area contributed by atoms with Crippen molar-refractivity contribution in [3.63, 3.8) is 0 Å². The van der Waals surface area contributed by atoms with Gasteiger partial charge in [0.15, 0.2) is 0 Å². The molecule has 0 atom stereocenters. The third kappa shape index (κ3) is 5.05. The van der Waals surface area contributed by atoms with Crippen molar-refractivity contribution >= 4 is 11.7 Å². The second-order valence-corrected chi connectivity index (χ2v) is 5.77. The summed E-state index contributed by atoms with van der Waals surface area (Å²) in [7, 11) is 0. The fraction of sp³-hybridized carbons (Fsp3) is 0.421. The fourth-order valence-corrected chi connectivity index (χ4v) is 2.46. The molecule has 1 heterocycles. The van der Waals surface area contributed by atoms with Crippen molar-refractivity contribution in [2.75, 3.05) is 18.0 Å². The van der Waals surface area contributed by atoms with E-state index < -0.39 is 0 Å². The minimum Gasteiger partial charge on any atom is -0.352 e. The molecular weight excluding hydrogens is 300 g/mol. The number of nitrogens with zero attached hydrogens (tertiary/aromatic N) is 3. The Labute approximate surface area is 144 Å². The molecule has 0 aliphatic carbocycles. The molecule has 5 heteroatoms. The Hall–Kier alpha value is -2.43. The summed E-state index contributed by atoms with van der Waals surface area (Å²) in [5.41, 5.74) is 1.64. The summed E-state index contributed by atoms with van der Waals surface area (Å²) in [6, 6.07) is 12.0. The normalized spacial score (nSPS) is 10.5. The lowest BCUT2D eigenvalue weighted by Gasteiger charge is -2.22. The van der Waals surface area contributed by atoms with Gasteiger partial charge in [0.1, 0.15) is 17.3 Å². The van der Waals surface area contributed by atoms with E-state index in [1.54, 1.807) is 6.07 Å². The van der Waals surface area contributed by atoms with Crippen LogP contribution >= 0.6 is 0 Å². The lowest BCUT2D eigenvalue weighted by atomic mass is 10.2. The molecule has 5 nitrogen and oxygen atoms in total. The smallest absolute Gasteiger partial charge is 0.270 e. The van der Waals surface area contributed by atoms with Gasteiger partial charge in [0, 0.05) is 25.7 Å². The molecule has 1 amide bonds. The number of anilines is 1. The number of carbonyl (C=O) groups excluding carboxylic acids is 1. The van der Waals surface area contributed by atoms with E-state index in [0.29, 0.717) is 18.1 Å². The summed E-state index contributed by atoms with van der Waals surface area (Å²) in [4.78, 5) is 23.2. The lowest BCUT2D eigenvalue weighted by molar-refractivity contribution is 0.0948. The van der Waals surface area contributed by atoms with Gasteiger partial charge in [-0.05, 0) is 25.8 Å². The third-order valence-electron chi connectivity index (χ3n) is 3.79. The standard InChI is InChI=1S/C19H26N4O/c1-4-6-12-20-19(24)17-13-18(22-15(3)21-17)23(5-2)14-16-10-8-7-9-11-16/h7-11,13H,4-6,12,14H2,1-3H3,(H,20,24). The molecule has 0 fully saturated rings. The van der Waals surface area contributed by atoms with Crippen LogP contribution < -0.4 is 10.2 Å². The Balaban J connectivity index is 2.17. The molecule has 1 N–H and O–H groups in total. The molecule has 1 aromatic heterocycles. The second kappa shape index (κ2) is 9.01. The Bertz CT molecular complexity index is 658. The quantitative estimate of drug-likeness (QED) is 0.756. The zero-order valence-corrected chi connectivity index (χ0v) is 14.7. The van der Waals surface area contributed by atoms with Gasteiger partial charge in [-0.2, -0.15) is 0 Å². The van der Waals surface area contributed by atoms with Crippen LogP contribution in [0.5, 0.6) is 0 Å². The third-order valence-corrected chi connectivity index (χ3v) is 3.79. The van der Waals surface area contributed by atoms with Crippen LogP contribution in [0, 0.1) is 6.92 Å². The number of aromatic nitrogens is 2. The van der Waals surface area contributed by atoms with Gasteiger partial charge in [-0.3, -0.25) is 4.79 Å². The molecule has 1 aromatic carbocycles. The summed E-state index contributed by atoms with van der Waals surface area (Å²) in [6.07, 6.45) is 2.02. The van der Waals surface area contributed by atoms with Crippen LogP contribution in [0.25, 0.3) is 0 Å². The van der Waals surface area contributed by atoms with Gasteiger partial charge in [-0.25, -0.2) is 9.97 Å². The number of aryl methyl sites for hydroxylation is 1. The van der Waals surface area contributed by atoms with Crippen molar-refractivity contribution in [3.8, 4) is 0 Å². The number of benzene rings is 1. The second-order valence-electron chi connectivity index (χ2n) is 5.77. The lowest BCUT2D eigenvalue weighted by Crippen LogP contribution is -2.28. The SMILES string of the molecule is CCCCNC(=O)c1cc(N(CC)Cc2ccccc2)nc(C)n1. The van der Waals surface area contributed by atoms with Gasteiger partial charge < -0.3 is 10.2 Å². The van der Waals surface area contributed by atoms with E-state index in [2.05, 4.69) is 46.2 Å². The largest absolute Gasteiger partial charge is 0.352 e. The average Bonchev–Trinajstić information content (AvgIpc) is 2.60. The van der Waals surface area contributed by atoms with Crippen molar-refractivity contribution in [2.45, 2.75) is 40.2 Å². The van der Waals surface area contributed by atoms with E-state index >= 15 is 0 Å². The molecule has 24 heavy (non-hydrogen) atoms. The zero-order chi connectivity index (χ0) is 17.4. The molecule has 0 saturated carbocycles. The molecular formula is C19H26N4O. The topological polar surface area (TPSA) is 58.1 Å². The Morgan fingerprint density at radius 2 is 1.92 bits per heavy atom. The van der Waals surface area contributed by atoms with Gasteiger partial charge >= 0.3 is 0 Å². The number of hydrogen-bond acceptors (Lipinski definition) is 4. The van der Waals surface area contributed by atoms with Crippen LogP contribution in [-0.4, -0.2) is 29.0 Å². The summed E-state index contributed by atoms with van der Waals surface area (Å²) in [5, 5.41) is 2.91. The van der Waals surface area contributed by atoms with Crippen molar-refractivity contribution in [1.29, 1.82) is 0 Å². The van der Waals surface area contributed by atoms with Crippen molar-refractivity contribution in [3.05, 3.63) is 53.5 Å². The van der Waals surface area contributed by atoms with E-state index in [9.17, 15) is 4.79 Å². The summed E-state index contributed by atoms with van der Waals surface area (Å²) in [6.45, 7) is 8.24. The van der Waals surface area contributed by atoms with E-state index in [1.807, 2.05) is 25.1 Å². The number of hydrogen-bond donors (Lipinski definition) is 1. The first-order chi connectivity index (χ1) is 11.6. The van der Waals surface area contributed by atoms with Gasteiger partial charge in [-0.15, -0.1) is 0 Å². The minimum atomic E-state index is -0.133. The van der Waals surface area contributed by atoms with E-state index in [1.165, 1.54) is 5.56 Å². The Morgan fingerprint density at radius 1 is 1.17 bits per heavy atom. The first kappa shape index (κ1) is 17.9. The van der Waals surface area contributed by atoms with Gasteiger partial charge in [0.2, 0.25) is 0 Å². The number of nitrogens with one attached hydrogen (secondary N) is 1. The maximum Gasteiger partial charge on any atom is 0.270 e. The monoisotopic (exact) mass is 326 g/mol. The summed E-state index contributed by atoms with van der Waals surface area (Å²) < 4.78 is 0. The van der Waals surface area contributed by atoms with Crippen LogP contribution in [0.15, 0.2) is 36.4 Å². The van der Waals surface area contributed by atoms with Crippen LogP contribution in [0.2, 0.25) is 0 Å². The van der Waals surface area contributed by atoms with Gasteiger partial charge in [0.05, 0.1) is 0 Å². The highest BCUT2D eigenvalue weighted by molar-refractivity contribution is 5.92. The zero-order valence-electron chi connectivity index (χ0n) is 14.7. The number of rotatable bonds is 8. The van der Waals surface area contributed by atoms with Crippen LogP contribution in [0.3, 0.4) is 0 Å². The molecule has 0 spiro atoms. The highest BCUT2D eigenvalue weighted by Gasteiger charge is 2.14. The molecule has 0 aliphatic rings. The number of carbonyl (C=O) groups is 1. The van der Waals surface area contributed by atoms with Gasteiger partial charge in [0.25, 0.3) is 5.91 Å². The Kier molecular flexibility index (Phi) is 6.73. The predicted molar refractivity (Wildman–Crippen MR) is 97.2 cm³/mol. The molecule has 0 aliphatic heterocycles. The van der Waals surface area contributed by atoms with Crippen LogP contribution in [0.1, 0.15) is 48.6 Å². The molecule has 0 radical (unpaired) electrons. The molecule has 0 unspecified atom stereocenters. The fourth-order valence-electron chi connectivity index (χ4n) is 2.46. The number of amides is 1. The molecule has 2 aromatic rings. The highest BCUT2D eigenvalue weighted by Crippen LogP contribution is 2.16. The maximum atomic E-state index is 12.3. The minimum absolute atomic E-state index is 0.133. The van der Waals surface area contributed by atoms with E-state index in [-0.39, 0.29) is 5.91 Å². The van der Waals surface area contributed by atoms with E-state index in [4.69, 9.17) is 0 Å². The van der Waals surface area contributed by atoms with Gasteiger partial charge in [-0.1, -0.05) is 43.7 Å². The molecule has 0 saturated heterocycles. The first-order valence-corrected chi connectivity index (χ1v) is 8.56. The molecule has 0 bridgehead atoms. The van der Waals surface area contributed by atoms with Crippen molar-refractivity contribution in [2.24, 2.45) is 0 Å². The Morgan fingerprint density at radius 3 is 2.58 bits per heavy atom. The predicted octanol–water partition coefficient (Wildman–Crippen LogP) is 3.34. The molecule has 128 valence electrons. The summed E-state index contributed by atoms with van der Waals surface area (Å²) >= 11 is 0. The average molecular weight is 326 g/mol. The first-order valence-electron chi connectivity index (χ1n) is 8.56. The van der Waals surface area contributed by atoms with Crippen LogP contribution in [0.4, 0.5) is 5.82 Å². The van der Waals surface area contributed by atoms with E-state index in [0.717, 1.165) is 31.7 Å². The summed E-state index contributed by atoms with van der Waals surface area (Å²) in [5.74, 6) is 1.26. The highest BCUT2D eigenvalue weighted by atomic mass is 16.1. The van der Waals surface area contributed by atoms with Crippen molar-refractivity contribution in [1.82, 2.24) is 15.3 Å². The maximum absolute atomic E-state index is 12.3. The van der Waals surface area contributed by atoms with Crippen molar-refractivity contribution < 1.29 is 4.79 Å².